The van der Waals surface area contributed by atoms with Crippen molar-refractivity contribution in [3.63, 3.8) is 0 Å². The molecular weight excluding hydrogens is 184 g/mol. The molecule has 0 spiro atoms. The van der Waals surface area contributed by atoms with Crippen molar-refractivity contribution in [3.05, 3.63) is 24.3 Å². The highest BCUT2D eigenvalue weighted by Crippen LogP contribution is 2.07. The molecule has 4 heteroatoms. The number of hydrogen-bond acceptors (Lipinski definition) is 4. The van der Waals surface area contributed by atoms with Crippen LogP contribution in [0.3, 0.4) is 0 Å². The van der Waals surface area contributed by atoms with E-state index < -0.39 is 18.2 Å². The fraction of sp³-hybridized carbons (Fsp3) is 0.500. The molecule has 0 unspecified atom stereocenters. The Bertz CT molecular complexity index is 257. The van der Waals surface area contributed by atoms with Crippen molar-refractivity contribution < 1.29 is 19.7 Å². The van der Waals surface area contributed by atoms with Crippen molar-refractivity contribution in [2.24, 2.45) is 0 Å². The summed E-state index contributed by atoms with van der Waals surface area (Å²) in [6.45, 7) is 1.71. The van der Waals surface area contributed by atoms with Crippen LogP contribution in [0.25, 0.3) is 0 Å². The Morgan fingerprint density at radius 1 is 1.36 bits per heavy atom. The molecule has 0 aromatic carbocycles. The number of carbonyl (C=O) groups is 1. The third-order valence-electron chi connectivity index (χ3n) is 1.85. The molecule has 14 heavy (non-hydrogen) atoms. The smallest absolute Gasteiger partial charge is 0.330 e. The second-order valence-electron chi connectivity index (χ2n) is 3.29. The van der Waals surface area contributed by atoms with E-state index in [1.807, 2.05) is 0 Å². The normalized spacial score (nSPS) is 33.9. The maximum atomic E-state index is 11.0. The highest BCUT2D eigenvalue weighted by molar-refractivity contribution is 5.82. The van der Waals surface area contributed by atoms with Gasteiger partial charge in [-0.1, -0.05) is 12.2 Å². The first-order valence-corrected chi connectivity index (χ1v) is 4.51. The highest BCUT2D eigenvalue weighted by atomic mass is 16.5. The van der Waals surface area contributed by atoms with E-state index in [0.29, 0.717) is 6.42 Å². The Morgan fingerprint density at radius 3 is 2.79 bits per heavy atom. The minimum atomic E-state index is -0.856. The number of esters is 1. The van der Waals surface area contributed by atoms with Gasteiger partial charge in [0, 0.05) is 12.5 Å². The number of carbonyl (C=O) groups excluding carboxylic acids is 1. The Kier molecular flexibility index (Phi) is 3.85. The van der Waals surface area contributed by atoms with Gasteiger partial charge in [0.2, 0.25) is 0 Å². The number of hydrogen-bond donors (Lipinski definition) is 2. The summed E-state index contributed by atoms with van der Waals surface area (Å²) < 4.78 is 4.91. The molecule has 0 aromatic rings. The summed E-state index contributed by atoms with van der Waals surface area (Å²) >= 11 is 0. The number of cyclic esters (lactones) is 1. The zero-order chi connectivity index (χ0) is 10.6. The first-order chi connectivity index (χ1) is 6.58. The van der Waals surface area contributed by atoms with Crippen LogP contribution in [0, 0.1) is 0 Å². The lowest BCUT2D eigenvalue weighted by Gasteiger charge is -2.15. The predicted octanol–water partition coefficient (Wildman–Crippen LogP) is 0.156. The second kappa shape index (κ2) is 4.93. The van der Waals surface area contributed by atoms with Crippen LogP contribution in [-0.2, 0) is 9.53 Å². The fourth-order valence-electron chi connectivity index (χ4n) is 1.19. The van der Waals surface area contributed by atoms with Gasteiger partial charge in [-0.2, -0.15) is 0 Å². The van der Waals surface area contributed by atoms with Crippen molar-refractivity contribution in [3.8, 4) is 0 Å². The standard InChI is InChI=1S/C10H14O4/c1-7-6-9(12)3-2-8(11)4-5-10(13)14-7/h2-5,7-9,11-12H,6H2,1H3/t7-,8+,9-/m0/s1. The van der Waals surface area contributed by atoms with Crippen LogP contribution < -0.4 is 0 Å². The van der Waals surface area contributed by atoms with Crippen LogP contribution in [0.15, 0.2) is 24.3 Å². The molecule has 1 aliphatic heterocycles. The van der Waals surface area contributed by atoms with E-state index in [1.54, 1.807) is 6.92 Å². The average Bonchev–Trinajstić information content (AvgIpc) is 2.10. The Balaban J connectivity index is 2.72. The summed E-state index contributed by atoms with van der Waals surface area (Å²) in [5.41, 5.74) is 0. The fourth-order valence-corrected chi connectivity index (χ4v) is 1.19. The number of aliphatic hydroxyl groups is 2. The minimum Gasteiger partial charge on any atom is -0.459 e. The molecule has 4 nitrogen and oxygen atoms in total. The third kappa shape index (κ3) is 3.72. The first-order valence-electron chi connectivity index (χ1n) is 4.51. The summed E-state index contributed by atoms with van der Waals surface area (Å²) in [7, 11) is 0. The van der Waals surface area contributed by atoms with Crippen LogP contribution in [0.2, 0.25) is 0 Å². The molecule has 1 aliphatic rings. The molecule has 3 atom stereocenters. The summed E-state index contributed by atoms with van der Waals surface area (Å²) in [6, 6.07) is 0. The Morgan fingerprint density at radius 2 is 2.07 bits per heavy atom. The Hall–Kier alpha value is -1.13. The van der Waals surface area contributed by atoms with Crippen LogP contribution in [0.1, 0.15) is 13.3 Å². The van der Waals surface area contributed by atoms with Gasteiger partial charge in [-0.25, -0.2) is 4.79 Å². The molecule has 2 N–H and O–H groups in total. The number of aliphatic hydroxyl groups excluding tert-OH is 2. The lowest BCUT2D eigenvalue weighted by molar-refractivity contribution is -0.143. The van der Waals surface area contributed by atoms with Gasteiger partial charge in [0.25, 0.3) is 0 Å². The van der Waals surface area contributed by atoms with Crippen molar-refractivity contribution in [1.29, 1.82) is 0 Å². The second-order valence-corrected chi connectivity index (χ2v) is 3.29. The van der Waals surface area contributed by atoms with Gasteiger partial charge in [-0.05, 0) is 13.0 Å². The largest absolute Gasteiger partial charge is 0.459 e. The van der Waals surface area contributed by atoms with Crippen LogP contribution in [-0.4, -0.2) is 34.5 Å². The molecule has 1 heterocycles. The topological polar surface area (TPSA) is 66.8 Å². The monoisotopic (exact) mass is 198 g/mol. The van der Waals surface area contributed by atoms with Crippen molar-refractivity contribution >= 4 is 5.97 Å². The summed E-state index contributed by atoms with van der Waals surface area (Å²) in [5, 5.41) is 18.6. The van der Waals surface area contributed by atoms with E-state index in [4.69, 9.17) is 4.74 Å². The van der Waals surface area contributed by atoms with Crippen LogP contribution >= 0.6 is 0 Å². The van der Waals surface area contributed by atoms with Gasteiger partial charge in [-0.15, -0.1) is 0 Å². The average molecular weight is 198 g/mol. The number of ether oxygens (including phenoxy) is 1. The van der Waals surface area contributed by atoms with E-state index >= 15 is 0 Å². The molecule has 1 rings (SSSR count). The van der Waals surface area contributed by atoms with Gasteiger partial charge in [-0.3, -0.25) is 0 Å². The van der Waals surface area contributed by atoms with E-state index in [9.17, 15) is 15.0 Å². The lowest BCUT2D eigenvalue weighted by Crippen LogP contribution is -2.20. The summed E-state index contributed by atoms with van der Waals surface area (Å²) in [4.78, 5) is 11.0. The minimum absolute atomic E-state index is 0.331. The quantitative estimate of drug-likeness (QED) is 0.429. The zero-order valence-corrected chi connectivity index (χ0v) is 7.96. The molecule has 0 amide bonds. The van der Waals surface area contributed by atoms with Crippen LogP contribution in [0.5, 0.6) is 0 Å². The van der Waals surface area contributed by atoms with Gasteiger partial charge in [0.05, 0.1) is 12.2 Å². The van der Waals surface area contributed by atoms with Crippen molar-refractivity contribution in [2.75, 3.05) is 0 Å². The molecule has 0 aromatic heterocycles. The van der Waals surface area contributed by atoms with Crippen molar-refractivity contribution in [2.45, 2.75) is 31.7 Å². The highest BCUT2D eigenvalue weighted by Gasteiger charge is 2.12. The van der Waals surface area contributed by atoms with Gasteiger partial charge >= 0.3 is 5.97 Å². The van der Waals surface area contributed by atoms with Gasteiger partial charge in [0.1, 0.15) is 6.10 Å². The molecule has 78 valence electrons. The summed E-state index contributed by atoms with van der Waals surface area (Å²) in [5.74, 6) is -0.501. The molecule has 0 fully saturated rings. The SMILES string of the molecule is C[C@H]1C[C@@H](O)C=C[C@@H](O)C=CC(=O)O1. The van der Waals surface area contributed by atoms with Crippen LogP contribution in [0.4, 0.5) is 0 Å². The van der Waals surface area contributed by atoms with E-state index in [-0.39, 0.29) is 6.10 Å². The summed E-state index contributed by atoms with van der Waals surface area (Å²) in [6.07, 6.45) is 3.87. The third-order valence-corrected chi connectivity index (χ3v) is 1.85. The molecule has 0 bridgehead atoms. The predicted molar refractivity (Wildman–Crippen MR) is 50.5 cm³/mol. The van der Waals surface area contributed by atoms with E-state index in [0.717, 1.165) is 0 Å². The van der Waals surface area contributed by atoms with E-state index in [2.05, 4.69) is 0 Å². The number of rotatable bonds is 0. The lowest BCUT2D eigenvalue weighted by atomic mass is 10.1. The van der Waals surface area contributed by atoms with Crippen molar-refractivity contribution in [1.82, 2.24) is 0 Å². The van der Waals surface area contributed by atoms with E-state index in [1.165, 1.54) is 24.3 Å². The maximum Gasteiger partial charge on any atom is 0.330 e. The molecule has 0 saturated carbocycles. The first kappa shape index (κ1) is 10.9. The molecule has 0 radical (unpaired) electrons. The molecule has 0 aliphatic carbocycles. The van der Waals surface area contributed by atoms with Gasteiger partial charge < -0.3 is 14.9 Å². The maximum absolute atomic E-state index is 11.0. The zero-order valence-electron chi connectivity index (χ0n) is 7.96. The van der Waals surface area contributed by atoms with Gasteiger partial charge in [0.15, 0.2) is 0 Å². The molecule has 0 saturated heterocycles. The Labute approximate surface area is 82.5 Å². The molecular formula is C10H14O4.